The first-order valence-corrected chi connectivity index (χ1v) is 8.39. The van der Waals surface area contributed by atoms with E-state index in [1.807, 2.05) is 0 Å². The Morgan fingerprint density at radius 1 is 1.29 bits per heavy atom. The number of nitrogen functional groups attached to an aromatic ring is 1. The maximum atomic E-state index is 13.2. The zero-order chi connectivity index (χ0) is 15.8. The van der Waals surface area contributed by atoms with Crippen molar-refractivity contribution in [1.82, 2.24) is 0 Å². The molecule has 0 heterocycles. The molecule has 0 aliphatic rings. The maximum absolute atomic E-state index is 13.2. The van der Waals surface area contributed by atoms with Crippen LogP contribution in [0.25, 0.3) is 0 Å². The van der Waals surface area contributed by atoms with Gasteiger partial charge in [-0.3, -0.25) is 4.72 Å². The Morgan fingerprint density at radius 2 is 1.95 bits per heavy atom. The molecule has 21 heavy (non-hydrogen) atoms. The van der Waals surface area contributed by atoms with Crippen molar-refractivity contribution in [3.05, 3.63) is 51.2 Å². The number of hydrogen-bond donors (Lipinski definition) is 2. The van der Waals surface area contributed by atoms with E-state index in [1.165, 1.54) is 24.3 Å². The summed E-state index contributed by atoms with van der Waals surface area (Å²) in [5.74, 6) is -0.490. The molecule has 0 fully saturated rings. The summed E-state index contributed by atoms with van der Waals surface area (Å²) in [6.45, 7) is 1.72. The zero-order valence-corrected chi connectivity index (χ0v) is 14.0. The van der Waals surface area contributed by atoms with E-state index in [2.05, 4.69) is 20.7 Å². The number of sulfonamides is 1. The topological polar surface area (TPSA) is 72.2 Å². The molecule has 0 unspecified atom stereocenters. The molecule has 2 aromatic rings. The molecule has 0 bridgehead atoms. The van der Waals surface area contributed by atoms with Crippen LogP contribution in [0.1, 0.15) is 5.56 Å². The number of hydrogen-bond acceptors (Lipinski definition) is 3. The third kappa shape index (κ3) is 3.48. The quantitative estimate of drug-likeness (QED) is 0.776. The van der Waals surface area contributed by atoms with Crippen LogP contribution in [-0.4, -0.2) is 8.42 Å². The molecule has 2 rings (SSSR count). The number of rotatable bonds is 3. The van der Waals surface area contributed by atoms with Gasteiger partial charge in [0, 0.05) is 5.69 Å². The molecule has 0 amide bonds. The highest BCUT2D eigenvalue weighted by atomic mass is 79.9. The van der Waals surface area contributed by atoms with Crippen LogP contribution in [-0.2, 0) is 10.0 Å². The highest BCUT2D eigenvalue weighted by Gasteiger charge is 2.19. The summed E-state index contributed by atoms with van der Waals surface area (Å²) in [7, 11) is -3.92. The first-order valence-electron chi connectivity index (χ1n) is 5.74. The van der Waals surface area contributed by atoms with Gasteiger partial charge in [-0.05, 0) is 58.7 Å². The number of aryl methyl sites for hydroxylation is 1. The van der Waals surface area contributed by atoms with Crippen molar-refractivity contribution in [2.24, 2.45) is 0 Å². The SMILES string of the molecule is Cc1cc(Cl)c(S(=O)(=O)Nc2ccc(F)c(Br)c2)cc1N. The number of nitrogens with two attached hydrogens (primary N) is 1. The Morgan fingerprint density at radius 3 is 2.57 bits per heavy atom. The fourth-order valence-electron chi connectivity index (χ4n) is 1.64. The van der Waals surface area contributed by atoms with Crippen molar-refractivity contribution in [3.8, 4) is 0 Å². The minimum absolute atomic E-state index is 0.0652. The number of nitrogens with one attached hydrogen (secondary N) is 1. The summed E-state index contributed by atoms with van der Waals surface area (Å²) in [6, 6.07) is 6.54. The van der Waals surface area contributed by atoms with E-state index in [1.54, 1.807) is 6.92 Å². The van der Waals surface area contributed by atoms with Crippen LogP contribution < -0.4 is 10.5 Å². The monoisotopic (exact) mass is 392 g/mol. The van der Waals surface area contributed by atoms with Crippen LogP contribution in [0.4, 0.5) is 15.8 Å². The predicted molar refractivity (Wildman–Crippen MR) is 85.5 cm³/mol. The van der Waals surface area contributed by atoms with E-state index in [0.29, 0.717) is 11.3 Å². The zero-order valence-electron chi connectivity index (χ0n) is 10.8. The lowest BCUT2D eigenvalue weighted by molar-refractivity contribution is 0.601. The maximum Gasteiger partial charge on any atom is 0.263 e. The van der Waals surface area contributed by atoms with Gasteiger partial charge in [0.15, 0.2) is 0 Å². The van der Waals surface area contributed by atoms with Crippen LogP contribution in [0.5, 0.6) is 0 Å². The van der Waals surface area contributed by atoms with Crippen molar-refractivity contribution in [1.29, 1.82) is 0 Å². The summed E-state index contributed by atoms with van der Waals surface area (Å²) in [4.78, 5) is -0.132. The third-order valence-corrected chi connectivity index (χ3v) is 5.24. The van der Waals surface area contributed by atoms with Crippen molar-refractivity contribution in [2.75, 3.05) is 10.5 Å². The fraction of sp³-hybridized carbons (Fsp3) is 0.0769. The molecule has 8 heteroatoms. The van der Waals surface area contributed by atoms with Crippen LogP contribution in [0.3, 0.4) is 0 Å². The average Bonchev–Trinajstić information content (AvgIpc) is 2.37. The van der Waals surface area contributed by atoms with E-state index < -0.39 is 15.8 Å². The summed E-state index contributed by atoms with van der Waals surface area (Å²) < 4.78 is 40.3. The predicted octanol–water partition coefficient (Wildman–Crippen LogP) is 3.93. The molecule has 0 saturated heterocycles. The molecular formula is C13H11BrClFN2O2S. The van der Waals surface area contributed by atoms with E-state index in [9.17, 15) is 12.8 Å². The van der Waals surface area contributed by atoms with Crippen LogP contribution in [0.15, 0.2) is 39.7 Å². The average molecular weight is 394 g/mol. The van der Waals surface area contributed by atoms with Gasteiger partial charge >= 0.3 is 0 Å². The lowest BCUT2D eigenvalue weighted by atomic mass is 10.2. The van der Waals surface area contributed by atoms with Crippen LogP contribution in [0, 0.1) is 12.7 Å². The van der Waals surface area contributed by atoms with Gasteiger partial charge in [0.25, 0.3) is 10.0 Å². The Labute approximate surface area is 135 Å². The van der Waals surface area contributed by atoms with Crippen molar-refractivity contribution >= 4 is 48.9 Å². The van der Waals surface area contributed by atoms with E-state index in [-0.39, 0.29) is 20.1 Å². The summed E-state index contributed by atoms with van der Waals surface area (Å²) in [6.07, 6.45) is 0. The molecule has 112 valence electrons. The number of anilines is 2. The van der Waals surface area contributed by atoms with Gasteiger partial charge in [0.1, 0.15) is 10.7 Å². The summed E-state index contributed by atoms with van der Waals surface area (Å²) in [5.41, 5.74) is 6.93. The normalized spacial score (nSPS) is 11.4. The second-order valence-electron chi connectivity index (χ2n) is 4.37. The first kappa shape index (κ1) is 16.1. The molecule has 0 aliphatic heterocycles. The molecule has 3 N–H and O–H groups in total. The van der Waals surface area contributed by atoms with Gasteiger partial charge in [-0.15, -0.1) is 0 Å². The Kier molecular flexibility index (Phi) is 4.46. The second-order valence-corrected chi connectivity index (χ2v) is 7.29. The summed E-state index contributed by atoms with van der Waals surface area (Å²) in [5, 5.41) is 0.0652. The summed E-state index contributed by atoms with van der Waals surface area (Å²) >= 11 is 8.95. The molecule has 0 aliphatic carbocycles. The highest BCUT2D eigenvalue weighted by molar-refractivity contribution is 9.10. The third-order valence-electron chi connectivity index (χ3n) is 2.78. The van der Waals surface area contributed by atoms with Gasteiger partial charge in [0.05, 0.1) is 15.2 Å². The van der Waals surface area contributed by atoms with Gasteiger partial charge in [-0.2, -0.15) is 0 Å². The van der Waals surface area contributed by atoms with Crippen molar-refractivity contribution in [3.63, 3.8) is 0 Å². The minimum Gasteiger partial charge on any atom is -0.398 e. The Balaban J connectivity index is 2.43. The molecular weight excluding hydrogens is 383 g/mol. The second kappa shape index (κ2) is 5.82. The van der Waals surface area contributed by atoms with E-state index >= 15 is 0 Å². The van der Waals surface area contributed by atoms with Gasteiger partial charge < -0.3 is 5.73 Å². The number of halogens is 3. The fourth-order valence-corrected chi connectivity index (χ4v) is 3.69. The lowest BCUT2D eigenvalue weighted by Gasteiger charge is -2.12. The van der Waals surface area contributed by atoms with E-state index in [4.69, 9.17) is 17.3 Å². The smallest absolute Gasteiger partial charge is 0.263 e. The first-order chi connectivity index (χ1) is 9.70. The minimum atomic E-state index is -3.92. The molecule has 0 saturated carbocycles. The highest BCUT2D eigenvalue weighted by Crippen LogP contribution is 2.29. The molecule has 0 spiro atoms. The van der Waals surface area contributed by atoms with Crippen LogP contribution in [0.2, 0.25) is 5.02 Å². The molecule has 4 nitrogen and oxygen atoms in total. The van der Waals surface area contributed by atoms with Gasteiger partial charge in [-0.25, -0.2) is 12.8 Å². The Bertz CT molecular complexity index is 812. The van der Waals surface area contributed by atoms with Crippen molar-refractivity contribution < 1.29 is 12.8 Å². The Hall–Kier alpha value is -1.31. The van der Waals surface area contributed by atoms with Gasteiger partial charge in [0.2, 0.25) is 0 Å². The van der Waals surface area contributed by atoms with E-state index in [0.717, 1.165) is 6.07 Å². The molecule has 0 radical (unpaired) electrons. The molecule has 0 atom stereocenters. The van der Waals surface area contributed by atoms with Gasteiger partial charge in [-0.1, -0.05) is 11.6 Å². The largest absolute Gasteiger partial charge is 0.398 e. The number of benzene rings is 2. The lowest BCUT2D eigenvalue weighted by Crippen LogP contribution is -2.14. The molecule has 0 aromatic heterocycles. The molecule has 2 aromatic carbocycles. The van der Waals surface area contributed by atoms with Crippen LogP contribution >= 0.6 is 27.5 Å². The standard InChI is InChI=1S/C13H11BrClFN2O2S/c1-7-4-10(15)13(6-12(7)17)21(19,20)18-8-2-3-11(16)9(14)5-8/h2-6,18H,17H2,1H3. The van der Waals surface area contributed by atoms with Crippen molar-refractivity contribution in [2.45, 2.75) is 11.8 Å².